The third-order valence-corrected chi connectivity index (χ3v) is 2.78. The van der Waals surface area contributed by atoms with Gasteiger partial charge in [0.1, 0.15) is 0 Å². The molecule has 3 nitrogen and oxygen atoms in total. The fourth-order valence-electron chi connectivity index (χ4n) is 1.70. The zero-order chi connectivity index (χ0) is 13.3. The molecule has 0 aliphatic heterocycles. The third-order valence-electron chi connectivity index (χ3n) is 2.78. The molecule has 1 atom stereocenters. The van der Waals surface area contributed by atoms with Crippen LogP contribution in [0.2, 0.25) is 0 Å². The predicted molar refractivity (Wildman–Crippen MR) is 70.9 cm³/mol. The fraction of sp³-hybridized carbons (Fsp3) is 0.786. The van der Waals surface area contributed by atoms with Crippen LogP contribution in [0.4, 0.5) is 0 Å². The van der Waals surface area contributed by atoms with Gasteiger partial charge in [0, 0.05) is 6.08 Å². The van der Waals surface area contributed by atoms with E-state index >= 15 is 0 Å². The molecule has 0 aliphatic carbocycles. The van der Waals surface area contributed by atoms with Crippen LogP contribution < -0.4 is 0 Å². The van der Waals surface area contributed by atoms with E-state index < -0.39 is 0 Å². The number of carbonyl (C=O) groups is 1. The van der Waals surface area contributed by atoms with Crippen molar-refractivity contribution >= 4 is 5.91 Å². The first-order valence-corrected chi connectivity index (χ1v) is 6.66. The second kappa shape index (κ2) is 9.23. The van der Waals surface area contributed by atoms with E-state index in [1.165, 1.54) is 31.8 Å². The Bertz CT molecular complexity index is 245. The second-order valence-electron chi connectivity index (χ2n) is 4.96. The summed E-state index contributed by atoms with van der Waals surface area (Å²) in [6, 6.07) is -0.0975. The minimum atomic E-state index is -0.314. The van der Waals surface area contributed by atoms with Crippen LogP contribution in [0.25, 0.3) is 0 Å². The van der Waals surface area contributed by atoms with E-state index in [-0.39, 0.29) is 11.9 Å². The van der Waals surface area contributed by atoms with E-state index in [1.807, 2.05) is 20.8 Å². The van der Waals surface area contributed by atoms with E-state index in [1.54, 1.807) is 0 Å². The second-order valence-corrected chi connectivity index (χ2v) is 4.96. The van der Waals surface area contributed by atoms with Crippen molar-refractivity contribution < 1.29 is 10.0 Å². The van der Waals surface area contributed by atoms with Crippen LogP contribution in [-0.2, 0) is 4.79 Å². The van der Waals surface area contributed by atoms with Crippen LogP contribution in [0.1, 0.15) is 66.2 Å². The highest BCUT2D eigenvalue weighted by atomic mass is 16.5. The standard InChI is InChI=1S/C14H27NO2/c1-5-6-7-8-9-10-13(4)15(17)14(16)11-12(2)3/h11,13,17H,5-10H2,1-4H3. The Hall–Kier alpha value is -0.830. The van der Waals surface area contributed by atoms with Gasteiger partial charge in [-0.25, -0.2) is 5.06 Å². The topological polar surface area (TPSA) is 40.5 Å². The molecule has 0 radical (unpaired) electrons. The van der Waals surface area contributed by atoms with Gasteiger partial charge in [0.15, 0.2) is 0 Å². The molecule has 100 valence electrons. The monoisotopic (exact) mass is 241 g/mol. The van der Waals surface area contributed by atoms with Crippen LogP contribution in [0.15, 0.2) is 11.6 Å². The Kier molecular flexibility index (Phi) is 8.78. The number of hydrogen-bond donors (Lipinski definition) is 1. The maximum atomic E-state index is 11.5. The van der Waals surface area contributed by atoms with Crippen molar-refractivity contribution in [1.29, 1.82) is 0 Å². The Balaban J connectivity index is 3.85. The smallest absolute Gasteiger partial charge is 0.270 e. The summed E-state index contributed by atoms with van der Waals surface area (Å²) in [7, 11) is 0. The van der Waals surface area contributed by atoms with Gasteiger partial charge in [-0.15, -0.1) is 0 Å². The van der Waals surface area contributed by atoms with Crippen molar-refractivity contribution in [2.45, 2.75) is 72.3 Å². The fourth-order valence-corrected chi connectivity index (χ4v) is 1.70. The summed E-state index contributed by atoms with van der Waals surface area (Å²) in [5.41, 5.74) is 0.907. The Morgan fingerprint density at radius 3 is 2.35 bits per heavy atom. The molecule has 0 heterocycles. The number of amides is 1. The first-order valence-electron chi connectivity index (χ1n) is 6.66. The highest BCUT2D eigenvalue weighted by Gasteiger charge is 2.15. The van der Waals surface area contributed by atoms with Crippen molar-refractivity contribution in [3.63, 3.8) is 0 Å². The van der Waals surface area contributed by atoms with Gasteiger partial charge in [0.2, 0.25) is 0 Å². The molecule has 0 rings (SSSR count). The normalized spacial score (nSPS) is 12.1. The molecule has 0 aromatic heterocycles. The Labute approximate surface area is 105 Å². The molecule has 0 aromatic carbocycles. The van der Waals surface area contributed by atoms with Crippen LogP contribution in [-0.4, -0.2) is 22.2 Å². The summed E-state index contributed by atoms with van der Waals surface area (Å²) in [6.07, 6.45) is 8.34. The van der Waals surface area contributed by atoms with E-state index in [4.69, 9.17) is 0 Å². The summed E-state index contributed by atoms with van der Waals surface area (Å²) >= 11 is 0. The van der Waals surface area contributed by atoms with Gasteiger partial charge < -0.3 is 0 Å². The summed E-state index contributed by atoms with van der Waals surface area (Å²) in [5.74, 6) is -0.314. The van der Waals surface area contributed by atoms with Gasteiger partial charge >= 0.3 is 0 Å². The number of unbranched alkanes of at least 4 members (excludes halogenated alkanes) is 4. The van der Waals surface area contributed by atoms with Gasteiger partial charge in [0.25, 0.3) is 5.91 Å². The molecule has 0 saturated heterocycles. The summed E-state index contributed by atoms with van der Waals surface area (Å²) < 4.78 is 0. The lowest BCUT2D eigenvalue weighted by molar-refractivity contribution is -0.168. The third kappa shape index (κ3) is 7.97. The van der Waals surface area contributed by atoms with Gasteiger partial charge in [-0.1, -0.05) is 44.6 Å². The highest BCUT2D eigenvalue weighted by Crippen LogP contribution is 2.11. The lowest BCUT2D eigenvalue weighted by atomic mass is 10.1. The van der Waals surface area contributed by atoms with Crippen molar-refractivity contribution in [2.75, 3.05) is 0 Å². The zero-order valence-electron chi connectivity index (χ0n) is 11.7. The van der Waals surface area contributed by atoms with Crippen molar-refractivity contribution in [3.8, 4) is 0 Å². The molecular formula is C14H27NO2. The van der Waals surface area contributed by atoms with Gasteiger partial charge in [-0.2, -0.15) is 0 Å². The average Bonchev–Trinajstić information content (AvgIpc) is 2.26. The van der Waals surface area contributed by atoms with Crippen molar-refractivity contribution in [2.24, 2.45) is 0 Å². The molecular weight excluding hydrogens is 214 g/mol. The molecule has 17 heavy (non-hydrogen) atoms. The molecule has 1 N–H and O–H groups in total. The highest BCUT2D eigenvalue weighted by molar-refractivity contribution is 5.87. The van der Waals surface area contributed by atoms with Gasteiger partial charge in [-0.3, -0.25) is 10.0 Å². The first kappa shape index (κ1) is 16.2. The van der Waals surface area contributed by atoms with Crippen LogP contribution >= 0.6 is 0 Å². The molecule has 3 heteroatoms. The molecule has 0 aromatic rings. The Morgan fingerprint density at radius 2 is 1.82 bits per heavy atom. The lowest BCUT2D eigenvalue weighted by Gasteiger charge is -2.21. The maximum Gasteiger partial charge on any atom is 0.270 e. The minimum absolute atomic E-state index is 0.0975. The Morgan fingerprint density at radius 1 is 1.24 bits per heavy atom. The van der Waals surface area contributed by atoms with Crippen LogP contribution in [0.3, 0.4) is 0 Å². The predicted octanol–water partition coefficient (Wildman–Crippen LogP) is 3.92. The van der Waals surface area contributed by atoms with Gasteiger partial charge in [-0.05, 0) is 27.2 Å². The summed E-state index contributed by atoms with van der Waals surface area (Å²) in [4.78, 5) is 11.5. The summed E-state index contributed by atoms with van der Waals surface area (Å²) in [5, 5.41) is 10.5. The number of carbonyl (C=O) groups excluding carboxylic acids is 1. The van der Waals surface area contributed by atoms with Crippen molar-refractivity contribution in [3.05, 3.63) is 11.6 Å². The number of nitrogens with zero attached hydrogens (tertiary/aromatic N) is 1. The summed E-state index contributed by atoms with van der Waals surface area (Å²) in [6.45, 7) is 7.77. The van der Waals surface area contributed by atoms with E-state index in [9.17, 15) is 10.0 Å². The van der Waals surface area contributed by atoms with E-state index in [0.29, 0.717) is 0 Å². The number of rotatable bonds is 8. The number of hydrogen-bond acceptors (Lipinski definition) is 2. The molecule has 0 spiro atoms. The van der Waals surface area contributed by atoms with Crippen LogP contribution in [0, 0.1) is 0 Å². The molecule has 1 amide bonds. The molecule has 0 aliphatic rings. The average molecular weight is 241 g/mol. The molecule has 0 fully saturated rings. The largest absolute Gasteiger partial charge is 0.285 e. The van der Waals surface area contributed by atoms with E-state index in [2.05, 4.69) is 6.92 Å². The van der Waals surface area contributed by atoms with Gasteiger partial charge in [0.05, 0.1) is 6.04 Å². The zero-order valence-corrected chi connectivity index (χ0v) is 11.7. The number of allylic oxidation sites excluding steroid dienone is 1. The maximum absolute atomic E-state index is 11.5. The van der Waals surface area contributed by atoms with Crippen molar-refractivity contribution in [1.82, 2.24) is 5.06 Å². The molecule has 0 saturated carbocycles. The lowest BCUT2D eigenvalue weighted by Crippen LogP contribution is -2.34. The quantitative estimate of drug-likeness (QED) is 0.303. The molecule has 1 unspecified atom stereocenters. The SMILES string of the molecule is CCCCCCCC(C)N(O)C(=O)C=C(C)C. The van der Waals surface area contributed by atoms with E-state index in [0.717, 1.165) is 23.5 Å². The molecule has 0 bridgehead atoms. The number of hydroxylamine groups is 2. The first-order chi connectivity index (χ1) is 7.99. The minimum Gasteiger partial charge on any atom is -0.285 e. The van der Waals surface area contributed by atoms with Crippen LogP contribution in [0.5, 0.6) is 0 Å².